The molecule has 0 spiro atoms. The molecule has 1 aliphatic rings. The quantitative estimate of drug-likeness (QED) is 0.717. The van der Waals surface area contributed by atoms with Gasteiger partial charge in [0.15, 0.2) is 0 Å². The van der Waals surface area contributed by atoms with Crippen molar-refractivity contribution >= 4 is 0 Å². The second-order valence-corrected chi connectivity index (χ2v) is 4.55. The van der Waals surface area contributed by atoms with E-state index in [4.69, 9.17) is 0 Å². The third kappa shape index (κ3) is 4.40. The third-order valence-corrected chi connectivity index (χ3v) is 2.95. The number of likely N-dealkylation sites (N-methyl/N-ethyl adjacent to an activating group) is 1. The van der Waals surface area contributed by atoms with E-state index in [0.29, 0.717) is 0 Å². The van der Waals surface area contributed by atoms with E-state index < -0.39 is 0 Å². The van der Waals surface area contributed by atoms with Gasteiger partial charge in [0, 0.05) is 32.7 Å². The molecule has 1 fully saturated rings. The van der Waals surface area contributed by atoms with Gasteiger partial charge in [-0.3, -0.25) is 5.43 Å². The van der Waals surface area contributed by atoms with Gasteiger partial charge in [-0.15, -0.1) is 0 Å². The van der Waals surface area contributed by atoms with Gasteiger partial charge >= 0.3 is 0 Å². The average molecular weight is 199 g/mol. The number of hydrazine groups is 1. The van der Waals surface area contributed by atoms with Gasteiger partial charge in [0.25, 0.3) is 0 Å². The first-order valence-corrected chi connectivity index (χ1v) is 5.89. The van der Waals surface area contributed by atoms with Gasteiger partial charge in [-0.1, -0.05) is 20.3 Å². The number of nitrogens with one attached hydrogen (secondary N) is 1. The van der Waals surface area contributed by atoms with E-state index >= 15 is 0 Å². The minimum atomic E-state index is 0.805. The van der Waals surface area contributed by atoms with E-state index in [1.54, 1.807) is 0 Å². The highest BCUT2D eigenvalue weighted by molar-refractivity contribution is 4.66. The number of piperazine rings is 1. The fourth-order valence-electron chi connectivity index (χ4n) is 1.84. The van der Waals surface area contributed by atoms with Crippen LogP contribution in [-0.2, 0) is 0 Å². The highest BCUT2D eigenvalue weighted by atomic mass is 15.5. The first-order chi connectivity index (χ1) is 6.72. The first kappa shape index (κ1) is 12.0. The molecule has 1 unspecified atom stereocenters. The smallest absolute Gasteiger partial charge is 0.0259 e. The van der Waals surface area contributed by atoms with Crippen LogP contribution in [0.3, 0.4) is 0 Å². The molecule has 0 amide bonds. The molecule has 1 heterocycles. The Morgan fingerprint density at radius 2 is 1.86 bits per heavy atom. The molecule has 3 heteroatoms. The summed E-state index contributed by atoms with van der Waals surface area (Å²) in [6.45, 7) is 10.4. The number of nitrogens with zero attached hydrogens (tertiary/aromatic N) is 2. The lowest BCUT2D eigenvalue weighted by Crippen LogP contribution is -2.51. The zero-order chi connectivity index (χ0) is 10.4. The maximum Gasteiger partial charge on any atom is 0.0259 e. The monoisotopic (exact) mass is 199 g/mol. The summed E-state index contributed by atoms with van der Waals surface area (Å²) in [5.74, 6) is 0.805. The lowest BCUT2D eigenvalue weighted by molar-refractivity contribution is 0.0982. The van der Waals surface area contributed by atoms with Crippen LogP contribution in [0.5, 0.6) is 0 Å². The zero-order valence-electron chi connectivity index (χ0n) is 9.92. The summed E-state index contributed by atoms with van der Waals surface area (Å²) in [4.78, 5) is 2.38. The summed E-state index contributed by atoms with van der Waals surface area (Å²) in [6.07, 6.45) is 2.63. The normalized spacial score (nSPS) is 22.5. The zero-order valence-corrected chi connectivity index (χ0v) is 9.92. The summed E-state index contributed by atoms with van der Waals surface area (Å²) >= 11 is 0. The molecule has 14 heavy (non-hydrogen) atoms. The van der Waals surface area contributed by atoms with Crippen LogP contribution in [0.2, 0.25) is 0 Å². The number of hydrogen-bond donors (Lipinski definition) is 1. The Kier molecular flexibility index (Phi) is 5.45. The number of hydrogen-bond acceptors (Lipinski definition) is 3. The maximum atomic E-state index is 3.53. The first-order valence-electron chi connectivity index (χ1n) is 5.89. The molecular formula is C11H25N3. The standard InChI is InChI=1S/C11H25N3/c1-4-5-11(2)10-12-14-8-6-13(3)7-9-14/h11-12H,4-10H2,1-3H3. The van der Waals surface area contributed by atoms with Gasteiger partial charge < -0.3 is 4.90 Å². The van der Waals surface area contributed by atoms with Crippen LogP contribution >= 0.6 is 0 Å². The van der Waals surface area contributed by atoms with Crippen LogP contribution in [0.1, 0.15) is 26.7 Å². The minimum absolute atomic E-state index is 0.805. The van der Waals surface area contributed by atoms with Crippen molar-refractivity contribution in [1.29, 1.82) is 0 Å². The van der Waals surface area contributed by atoms with Gasteiger partial charge in [0.05, 0.1) is 0 Å². The van der Waals surface area contributed by atoms with Crippen molar-refractivity contribution in [2.45, 2.75) is 26.7 Å². The molecule has 1 saturated heterocycles. The Labute approximate surface area is 88.4 Å². The molecule has 0 aromatic rings. The Morgan fingerprint density at radius 1 is 1.21 bits per heavy atom. The Morgan fingerprint density at radius 3 is 2.43 bits per heavy atom. The molecule has 84 valence electrons. The van der Waals surface area contributed by atoms with Crippen LogP contribution in [0.15, 0.2) is 0 Å². The highest BCUT2D eigenvalue weighted by Gasteiger charge is 2.13. The van der Waals surface area contributed by atoms with Gasteiger partial charge in [0.2, 0.25) is 0 Å². The molecule has 0 aromatic carbocycles. The molecule has 3 nitrogen and oxygen atoms in total. The summed E-state index contributed by atoms with van der Waals surface area (Å²) < 4.78 is 0. The van der Waals surface area contributed by atoms with E-state index in [1.807, 2.05) is 0 Å². The van der Waals surface area contributed by atoms with Gasteiger partial charge in [-0.05, 0) is 19.4 Å². The fourth-order valence-corrected chi connectivity index (χ4v) is 1.84. The van der Waals surface area contributed by atoms with Crippen LogP contribution in [-0.4, -0.2) is 49.7 Å². The maximum absolute atomic E-state index is 3.53. The van der Waals surface area contributed by atoms with Crippen molar-refractivity contribution in [3.05, 3.63) is 0 Å². The van der Waals surface area contributed by atoms with Crippen LogP contribution in [0.4, 0.5) is 0 Å². The third-order valence-electron chi connectivity index (χ3n) is 2.95. The largest absolute Gasteiger partial charge is 0.304 e. The Balaban J connectivity index is 2.06. The molecule has 0 radical (unpaired) electrons. The fraction of sp³-hybridized carbons (Fsp3) is 1.00. The molecule has 0 saturated carbocycles. The SMILES string of the molecule is CCCC(C)CNN1CCN(C)CC1. The highest BCUT2D eigenvalue weighted by Crippen LogP contribution is 2.03. The minimum Gasteiger partial charge on any atom is -0.304 e. The van der Waals surface area contributed by atoms with Crippen LogP contribution in [0.25, 0.3) is 0 Å². The summed E-state index contributed by atoms with van der Waals surface area (Å²) in [6, 6.07) is 0. The number of rotatable bonds is 5. The van der Waals surface area contributed by atoms with Crippen molar-refractivity contribution in [3.8, 4) is 0 Å². The molecule has 1 N–H and O–H groups in total. The van der Waals surface area contributed by atoms with E-state index in [0.717, 1.165) is 25.6 Å². The van der Waals surface area contributed by atoms with Crippen molar-refractivity contribution in [2.75, 3.05) is 39.8 Å². The predicted molar refractivity (Wildman–Crippen MR) is 61.1 cm³/mol. The molecule has 1 aliphatic heterocycles. The molecule has 1 rings (SSSR count). The van der Waals surface area contributed by atoms with Crippen LogP contribution in [0, 0.1) is 5.92 Å². The topological polar surface area (TPSA) is 18.5 Å². The van der Waals surface area contributed by atoms with Gasteiger partial charge in [-0.2, -0.15) is 0 Å². The lowest BCUT2D eigenvalue weighted by atomic mass is 10.1. The molecule has 0 aromatic heterocycles. The van der Waals surface area contributed by atoms with Crippen molar-refractivity contribution in [1.82, 2.24) is 15.3 Å². The van der Waals surface area contributed by atoms with Crippen molar-refractivity contribution in [2.24, 2.45) is 5.92 Å². The average Bonchev–Trinajstić information content (AvgIpc) is 2.17. The summed E-state index contributed by atoms with van der Waals surface area (Å²) in [5.41, 5.74) is 3.53. The second kappa shape index (κ2) is 6.38. The molecule has 0 aliphatic carbocycles. The molecule has 0 bridgehead atoms. The van der Waals surface area contributed by atoms with E-state index in [9.17, 15) is 0 Å². The summed E-state index contributed by atoms with van der Waals surface area (Å²) in [7, 11) is 2.19. The molecular weight excluding hydrogens is 174 g/mol. The van der Waals surface area contributed by atoms with Crippen molar-refractivity contribution < 1.29 is 0 Å². The predicted octanol–water partition coefficient (Wildman–Crippen LogP) is 1.17. The second-order valence-electron chi connectivity index (χ2n) is 4.55. The Hall–Kier alpha value is -0.120. The summed E-state index contributed by atoms with van der Waals surface area (Å²) in [5, 5.41) is 2.37. The van der Waals surface area contributed by atoms with E-state index in [-0.39, 0.29) is 0 Å². The van der Waals surface area contributed by atoms with E-state index in [1.165, 1.54) is 25.9 Å². The van der Waals surface area contributed by atoms with Crippen LogP contribution < -0.4 is 5.43 Å². The van der Waals surface area contributed by atoms with Crippen molar-refractivity contribution in [3.63, 3.8) is 0 Å². The lowest BCUT2D eigenvalue weighted by Gasteiger charge is -2.33. The van der Waals surface area contributed by atoms with E-state index in [2.05, 4.69) is 36.2 Å². The van der Waals surface area contributed by atoms with Gasteiger partial charge in [-0.25, -0.2) is 5.01 Å². The Bertz CT molecular complexity index is 141. The molecule has 1 atom stereocenters. The van der Waals surface area contributed by atoms with Gasteiger partial charge in [0.1, 0.15) is 0 Å².